The van der Waals surface area contributed by atoms with E-state index in [1.807, 2.05) is 0 Å². The van der Waals surface area contributed by atoms with E-state index in [-0.39, 0.29) is 36.7 Å². The van der Waals surface area contributed by atoms with Gasteiger partial charge < -0.3 is 14.7 Å². The number of carbonyl (C=O) groups is 2. The van der Waals surface area contributed by atoms with Crippen LogP contribution in [0.4, 0.5) is 13.2 Å². The van der Waals surface area contributed by atoms with E-state index < -0.39 is 23.8 Å². The molecular formula is C18H18F3N3O4. The van der Waals surface area contributed by atoms with Gasteiger partial charge in [0.2, 0.25) is 0 Å². The van der Waals surface area contributed by atoms with Crippen molar-refractivity contribution in [1.29, 1.82) is 0 Å². The molecule has 3 rings (SSSR count). The Balaban J connectivity index is 1.83. The van der Waals surface area contributed by atoms with Gasteiger partial charge in [-0.15, -0.1) is 0 Å². The lowest BCUT2D eigenvalue weighted by molar-refractivity contribution is -0.141. The van der Waals surface area contributed by atoms with Gasteiger partial charge in [-0.25, -0.2) is 4.68 Å². The first-order valence-corrected chi connectivity index (χ1v) is 8.51. The van der Waals surface area contributed by atoms with Crippen molar-refractivity contribution in [3.05, 3.63) is 47.3 Å². The summed E-state index contributed by atoms with van der Waals surface area (Å²) in [6, 6.07) is 4.68. The number of aliphatic carboxylic acids is 1. The van der Waals surface area contributed by atoms with Crippen LogP contribution in [0.5, 0.6) is 0 Å². The molecule has 1 fully saturated rings. The second-order valence-corrected chi connectivity index (χ2v) is 6.45. The molecule has 0 bridgehead atoms. The SMILES string of the molecule is Cc1c(C(=O)N2CCOC(CC(=O)O)C2)cnn1-c1cccc(C(F)(F)F)c1. The van der Waals surface area contributed by atoms with Gasteiger partial charge in [0.25, 0.3) is 5.91 Å². The van der Waals surface area contributed by atoms with E-state index in [0.717, 1.165) is 12.1 Å². The third-order valence-electron chi connectivity index (χ3n) is 4.49. The van der Waals surface area contributed by atoms with Crippen LogP contribution in [0.15, 0.2) is 30.5 Å². The van der Waals surface area contributed by atoms with Crippen molar-refractivity contribution in [1.82, 2.24) is 14.7 Å². The van der Waals surface area contributed by atoms with E-state index in [9.17, 15) is 22.8 Å². The zero-order chi connectivity index (χ0) is 20.5. The maximum absolute atomic E-state index is 12.9. The van der Waals surface area contributed by atoms with Gasteiger partial charge in [-0.3, -0.25) is 9.59 Å². The molecule has 0 aliphatic carbocycles. The fourth-order valence-electron chi connectivity index (χ4n) is 3.09. The first-order valence-electron chi connectivity index (χ1n) is 8.51. The maximum Gasteiger partial charge on any atom is 0.416 e. The van der Waals surface area contributed by atoms with Crippen molar-refractivity contribution in [3.63, 3.8) is 0 Å². The summed E-state index contributed by atoms with van der Waals surface area (Å²) < 4.78 is 45.5. The number of nitrogens with zero attached hydrogens (tertiary/aromatic N) is 3. The van der Waals surface area contributed by atoms with Gasteiger partial charge in [0.15, 0.2) is 0 Å². The molecule has 1 saturated heterocycles. The summed E-state index contributed by atoms with van der Waals surface area (Å²) in [5.74, 6) is -1.39. The molecule has 0 radical (unpaired) electrons. The van der Waals surface area contributed by atoms with Crippen LogP contribution in [0.3, 0.4) is 0 Å². The predicted molar refractivity (Wildman–Crippen MR) is 91.2 cm³/mol. The van der Waals surface area contributed by atoms with Crippen molar-refractivity contribution in [3.8, 4) is 5.69 Å². The van der Waals surface area contributed by atoms with Gasteiger partial charge in [0.1, 0.15) is 0 Å². The van der Waals surface area contributed by atoms with Crippen molar-refractivity contribution in [2.24, 2.45) is 0 Å². The maximum atomic E-state index is 12.9. The van der Waals surface area contributed by atoms with Crippen LogP contribution in [-0.4, -0.2) is 57.5 Å². The molecule has 1 amide bonds. The summed E-state index contributed by atoms with van der Waals surface area (Å²) >= 11 is 0. The Morgan fingerprint density at radius 1 is 1.36 bits per heavy atom. The second kappa shape index (κ2) is 7.63. The second-order valence-electron chi connectivity index (χ2n) is 6.45. The van der Waals surface area contributed by atoms with Gasteiger partial charge >= 0.3 is 12.1 Å². The Kier molecular flexibility index (Phi) is 5.41. The van der Waals surface area contributed by atoms with Crippen LogP contribution in [0.2, 0.25) is 0 Å². The van der Waals surface area contributed by atoms with Gasteiger partial charge in [-0.05, 0) is 25.1 Å². The zero-order valence-electron chi connectivity index (χ0n) is 14.9. The highest BCUT2D eigenvalue weighted by molar-refractivity contribution is 5.95. The van der Waals surface area contributed by atoms with Crippen LogP contribution in [0, 0.1) is 6.92 Å². The highest BCUT2D eigenvalue weighted by Crippen LogP contribution is 2.30. The highest BCUT2D eigenvalue weighted by atomic mass is 19.4. The fourth-order valence-corrected chi connectivity index (χ4v) is 3.09. The molecule has 1 unspecified atom stereocenters. The third-order valence-corrected chi connectivity index (χ3v) is 4.49. The third kappa shape index (κ3) is 4.16. The Labute approximate surface area is 158 Å². The number of carboxylic acid groups (broad SMARTS) is 1. The summed E-state index contributed by atoms with van der Waals surface area (Å²) in [6.07, 6.45) is -4.00. The number of ether oxygens (including phenoxy) is 1. The van der Waals surface area contributed by atoms with Gasteiger partial charge in [-0.2, -0.15) is 18.3 Å². The number of benzene rings is 1. The van der Waals surface area contributed by atoms with E-state index in [2.05, 4.69) is 5.10 Å². The Morgan fingerprint density at radius 3 is 2.79 bits per heavy atom. The average Bonchev–Trinajstić information content (AvgIpc) is 3.01. The Morgan fingerprint density at radius 2 is 2.11 bits per heavy atom. The normalized spacial score (nSPS) is 17.6. The molecule has 1 aromatic carbocycles. The average molecular weight is 397 g/mol. The van der Waals surface area contributed by atoms with Gasteiger partial charge in [-0.1, -0.05) is 6.07 Å². The minimum atomic E-state index is -4.48. The number of aromatic nitrogens is 2. The fraction of sp³-hybridized carbons (Fsp3) is 0.389. The molecule has 1 N–H and O–H groups in total. The zero-order valence-corrected chi connectivity index (χ0v) is 14.9. The number of hydrogen-bond donors (Lipinski definition) is 1. The molecule has 2 heterocycles. The first kappa shape index (κ1) is 19.9. The topological polar surface area (TPSA) is 84.7 Å². The molecule has 1 aromatic heterocycles. The van der Waals surface area contributed by atoms with Crippen molar-refractivity contribution in [2.45, 2.75) is 25.6 Å². The molecule has 2 aromatic rings. The van der Waals surface area contributed by atoms with Crippen LogP contribution >= 0.6 is 0 Å². The molecule has 0 saturated carbocycles. The van der Waals surface area contributed by atoms with Crippen LogP contribution in [-0.2, 0) is 15.7 Å². The van der Waals surface area contributed by atoms with Gasteiger partial charge in [0.05, 0.1) is 47.8 Å². The van der Waals surface area contributed by atoms with Crippen LogP contribution < -0.4 is 0 Å². The lowest BCUT2D eigenvalue weighted by Gasteiger charge is -2.32. The smallest absolute Gasteiger partial charge is 0.416 e. The summed E-state index contributed by atoms with van der Waals surface area (Å²) in [4.78, 5) is 25.1. The lowest BCUT2D eigenvalue weighted by atomic mass is 10.1. The molecule has 1 aliphatic rings. The summed E-state index contributed by atoms with van der Waals surface area (Å²) in [7, 11) is 0. The number of halogens is 3. The van der Waals surface area contributed by atoms with E-state index in [4.69, 9.17) is 9.84 Å². The molecular weight excluding hydrogens is 379 g/mol. The molecule has 1 aliphatic heterocycles. The number of hydrogen-bond acceptors (Lipinski definition) is 4. The standard InChI is InChI=1S/C18H18F3N3O4/c1-11-15(17(27)23-5-6-28-14(10-23)8-16(25)26)9-22-24(11)13-4-2-3-12(7-13)18(19,20)21/h2-4,7,9,14H,5-6,8,10H2,1H3,(H,25,26). The van der Waals surface area contributed by atoms with Crippen LogP contribution in [0.1, 0.15) is 28.0 Å². The quantitative estimate of drug-likeness (QED) is 0.857. The number of alkyl halides is 3. The van der Waals surface area contributed by atoms with E-state index >= 15 is 0 Å². The molecule has 10 heteroatoms. The summed E-state index contributed by atoms with van der Waals surface area (Å²) in [5.41, 5.74) is 0.0218. The minimum absolute atomic E-state index is 0.124. The number of carboxylic acids is 1. The van der Waals surface area contributed by atoms with Crippen LogP contribution in [0.25, 0.3) is 5.69 Å². The van der Waals surface area contributed by atoms with E-state index in [1.165, 1.54) is 27.9 Å². The van der Waals surface area contributed by atoms with Crippen molar-refractivity contribution in [2.75, 3.05) is 19.7 Å². The number of amides is 1. The number of rotatable bonds is 4. The van der Waals surface area contributed by atoms with Gasteiger partial charge in [0, 0.05) is 13.1 Å². The largest absolute Gasteiger partial charge is 0.481 e. The summed E-state index contributed by atoms with van der Waals surface area (Å²) in [6.45, 7) is 2.22. The highest BCUT2D eigenvalue weighted by Gasteiger charge is 2.31. The molecule has 1 atom stereocenters. The molecule has 150 valence electrons. The monoisotopic (exact) mass is 397 g/mol. The minimum Gasteiger partial charge on any atom is -0.481 e. The van der Waals surface area contributed by atoms with E-state index in [0.29, 0.717) is 12.2 Å². The first-order chi connectivity index (χ1) is 13.2. The number of morpholine rings is 1. The number of carbonyl (C=O) groups excluding carboxylic acids is 1. The predicted octanol–water partition coefficient (Wildman–Crippen LogP) is 2.52. The van der Waals surface area contributed by atoms with Crippen molar-refractivity contribution < 1.29 is 32.6 Å². The molecule has 28 heavy (non-hydrogen) atoms. The Hall–Kier alpha value is -2.88. The lowest BCUT2D eigenvalue weighted by Crippen LogP contribution is -2.46. The molecule has 0 spiro atoms. The van der Waals surface area contributed by atoms with E-state index in [1.54, 1.807) is 6.92 Å². The molecule has 7 nitrogen and oxygen atoms in total. The summed E-state index contributed by atoms with van der Waals surface area (Å²) in [5, 5.41) is 13.0. The Bertz CT molecular complexity index is 894. The van der Waals surface area contributed by atoms with Crippen molar-refractivity contribution >= 4 is 11.9 Å².